The Kier molecular flexibility index (Phi) is 6.41. The third-order valence-electron chi connectivity index (χ3n) is 3.45. The molecule has 0 spiro atoms. The molecule has 0 fully saturated rings. The van der Waals surface area contributed by atoms with Gasteiger partial charge in [0.15, 0.2) is 0 Å². The monoisotopic (exact) mass is 379 g/mol. The Morgan fingerprint density at radius 2 is 1.89 bits per heavy atom. The maximum absolute atomic E-state index is 11.8. The van der Waals surface area contributed by atoms with E-state index in [1.165, 1.54) is 6.20 Å². The molecule has 1 aromatic carbocycles. The number of anilines is 1. The molecule has 1 aromatic heterocycles. The molecule has 28 heavy (non-hydrogen) atoms. The molecule has 2 aromatic rings. The van der Waals surface area contributed by atoms with Crippen molar-refractivity contribution < 1.29 is 13.9 Å². The molecular formula is C20H21N5O3. The molecule has 0 aliphatic carbocycles. The number of amides is 1. The molecule has 0 saturated carbocycles. The number of nitrogens with zero attached hydrogens (tertiary/aromatic N) is 3. The number of nitrogens with one attached hydrogen (secondary N) is 2. The Hall–Kier alpha value is -3.78. The fraction of sp³-hybridized carbons (Fsp3) is 0.300. The number of aromatic nitrogens is 1. The Morgan fingerprint density at radius 3 is 2.46 bits per heavy atom. The maximum Gasteiger partial charge on any atom is 0.407 e. The lowest BCUT2D eigenvalue weighted by molar-refractivity contribution is 0.0523. The second-order valence-electron chi connectivity index (χ2n) is 6.88. The molecule has 8 nitrogen and oxygen atoms in total. The van der Waals surface area contributed by atoms with Crippen LogP contribution in [0.25, 0.3) is 11.5 Å². The van der Waals surface area contributed by atoms with Crippen molar-refractivity contribution in [2.45, 2.75) is 39.8 Å². The minimum Gasteiger partial charge on any atom is -0.444 e. The molecular weight excluding hydrogens is 358 g/mol. The molecule has 0 aliphatic rings. The smallest absolute Gasteiger partial charge is 0.407 e. The van der Waals surface area contributed by atoms with E-state index in [0.717, 1.165) is 5.56 Å². The highest BCUT2D eigenvalue weighted by molar-refractivity contribution is 5.67. The number of hydrogen-bond donors (Lipinski definition) is 2. The van der Waals surface area contributed by atoms with Gasteiger partial charge in [-0.15, -0.1) is 0 Å². The number of benzene rings is 1. The molecule has 0 aliphatic heterocycles. The van der Waals surface area contributed by atoms with Gasteiger partial charge in [0.1, 0.15) is 34.8 Å². The van der Waals surface area contributed by atoms with Crippen LogP contribution in [0.3, 0.4) is 0 Å². The van der Waals surface area contributed by atoms with Crippen LogP contribution in [0, 0.1) is 29.6 Å². The molecule has 2 N–H and O–H groups in total. The van der Waals surface area contributed by atoms with E-state index in [4.69, 9.17) is 19.7 Å². The van der Waals surface area contributed by atoms with Gasteiger partial charge in [-0.05, 0) is 52.0 Å². The van der Waals surface area contributed by atoms with Crippen LogP contribution in [0.2, 0.25) is 0 Å². The first-order valence-corrected chi connectivity index (χ1v) is 8.52. The van der Waals surface area contributed by atoms with Crippen LogP contribution in [0.4, 0.5) is 10.5 Å². The minimum atomic E-state index is -0.569. The number of carbonyl (C=O) groups excluding carboxylic acids is 1. The highest BCUT2D eigenvalue weighted by atomic mass is 16.6. The maximum atomic E-state index is 11.8. The zero-order valence-electron chi connectivity index (χ0n) is 16.2. The van der Waals surface area contributed by atoms with Gasteiger partial charge in [-0.25, -0.2) is 9.78 Å². The first-order chi connectivity index (χ1) is 13.2. The van der Waals surface area contributed by atoms with Crippen LogP contribution in [0.15, 0.2) is 40.5 Å². The van der Waals surface area contributed by atoms with E-state index >= 15 is 0 Å². The first kappa shape index (κ1) is 20.5. The van der Waals surface area contributed by atoms with Gasteiger partial charge in [-0.1, -0.05) is 0 Å². The van der Waals surface area contributed by atoms with Crippen LogP contribution in [0.1, 0.15) is 32.2 Å². The van der Waals surface area contributed by atoms with Gasteiger partial charge in [0.2, 0.25) is 5.89 Å². The number of nitriles is 2. The fourth-order valence-electron chi connectivity index (χ4n) is 2.14. The largest absolute Gasteiger partial charge is 0.444 e. The van der Waals surface area contributed by atoms with E-state index in [0.29, 0.717) is 23.0 Å². The summed E-state index contributed by atoms with van der Waals surface area (Å²) in [6.07, 6.45) is 0.819. The molecule has 1 heterocycles. The van der Waals surface area contributed by atoms with Crippen molar-refractivity contribution in [3.8, 4) is 23.6 Å². The molecule has 0 radical (unpaired) electrons. The number of hydrogen-bond acceptors (Lipinski definition) is 7. The Labute approximate surface area is 163 Å². The van der Waals surface area contributed by atoms with Crippen molar-refractivity contribution in [1.29, 1.82) is 10.5 Å². The quantitative estimate of drug-likeness (QED) is 0.752. The summed E-state index contributed by atoms with van der Waals surface area (Å²) in [6, 6.07) is 10.7. The van der Waals surface area contributed by atoms with Crippen LogP contribution in [-0.4, -0.2) is 16.7 Å². The third-order valence-corrected chi connectivity index (χ3v) is 3.45. The van der Waals surface area contributed by atoms with Gasteiger partial charge < -0.3 is 19.8 Å². The summed E-state index contributed by atoms with van der Waals surface area (Å²) in [4.78, 5) is 16.2. The number of rotatable bonds is 5. The second-order valence-corrected chi connectivity index (χ2v) is 6.88. The minimum absolute atomic E-state index is 0.0190. The van der Waals surface area contributed by atoms with E-state index in [-0.39, 0.29) is 12.1 Å². The molecule has 0 bridgehead atoms. The van der Waals surface area contributed by atoms with E-state index in [1.54, 1.807) is 64.1 Å². The van der Waals surface area contributed by atoms with E-state index in [1.807, 2.05) is 0 Å². The van der Waals surface area contributed by atoms with Crippen molar-refractivity contribution in [3.05, 3.63) is 47.5 Å². The van der Waals surface area contributed by atoms with Gasteiger partial charge >= 0.3 is 6.09 Å². The predicted molar refractivity (Wildman–Crippen MR) is 103 cm³/mol. The summed E-state index contributed by atoms with van der Waals surface area (Å²) < 4.78 is 10.9. The second kappa shape index (κ2) is 8.74. The zero-order valence-corrected chi connectivity index (χ0v) is 16.2. The molecule has 144 valence electrons. The standard InChI is InChI=1S/C20H21N5O3/c1-13-17(12-24-19(26)28-20(2,3)4)25-18(27-13)15-5-7-16(8-6-15)23-11-14(9-21)10-22/h5-8,11,23H,12H2,1-4H3,(H,24,26). The van der Waals surface area contributed by atoms with E-state index in [2.05, 4.69) is 15.6 Å². The number of oxazole rings is 1. The number of ether oxygens (including phenoxy) is 1. The van der Waals surface area contributed by atoms with Gasteiger partial charge in [0, 0.05) is 17.5 Å². The summed E-state index contributed by atoms with van der Waals surface area (Å²) in [6.45, 7) is 7.35. The van der Waals surface area contributed by atoms with E-state index in [9.17, 15) is 4.79 Å². The van der Waals surface area contributed by atoms with Crippen LogP contribution in [0.5, 0.6) is 0 Å². The molecule has 2 rings (SSSR count). The van der Waals surface area contributed by atoms with Crippen molar-refractivity contribution in [1.82, 2.24) is 10.3 Å². The Balaban J connectivity index is 2.04. The van der Waals surface area contributed by atoms with Crippen molar-refractivity contribution in [2.24, 2.45) is 0 Å². The molecule has 1 amide bonds. The Morgan fingerprint density at radius 1 is 1.25 bits per heavy atom. The number of allylic oxidation sites excluding steroid dienone is 1. The summed E-state index contributed by atoms with van der Waals surface area (Å²) in [7, 11) is 0. The summed E-state index contributed by atoms with van der Waals surface area (Å²) in [5.74, 6) is 1.03. The van der Waals surface area contributed by atoms with Crippen LogP contribution in [-0.2, 0) is 11.3 Å². The molecule has 0 unspecified atom stereocenters. The van der Waals surface area contributed by atoms with Gasteiger partial charge in [-0.3, -0.25) is 0 Å². The average molecular weight is 379 g/mol. The third kappa shape index (κ3) is 5.89. The lowest BCUT2D eigenvalue weighted by Gasteiger charge is -2.19. The summed E-state index contributed by atoms with van der Waals surface area (Å²) >= 11 is 0. The number of alkyl carbamates (subject to hydrolysis) is 1. The first-order valence-electron chi connectivity index (χ1n) is 8.52. The summed E-state index contributed by atoms with van der Waals surface area (Å²) in [5.41, 5.74) is 1.48. The lowest BCUT2D eigenvalue weighted by Crippen LogP contribution is -2.32. The average Bonchev–Trinajstić information content (AvgIpc) is 3.01. The number of aryl methyl sites for hydroxylation is 1. The molecule has 0 saturated heterocycles. The molecule has 8 heteroatoms. The fourth-order valence-corrected chi connectivity index (χ4v) is 2.14. The van der Waals surface area contributed by atoms with Gasteiger partial charge in [0.25, 0.3) is 0 Å². The highest BCUT2D eigenvalue weighted by Crippen LogP contribution is 2.23. The highest BCUT2D eigenvalue weighted by Gasteiger charge is 2.17. The predicted octanol–water partition coefficient (Wildman–Crippen LogP) is 4.02. The normalized spacial score (nSPS) is 10.4. The van der Waals surface area contributed by atoms with Crippen molar-refractivity contribution in [2.75, 3.05) is 5.32 Å². The van der Waals surface area contributed by atoms with Crippen molar-refractivity contribution in [3.63, 3.8) is 0 Å². The van der Waals surface area contributed by atoms with Gasteiger partial charge in [0.05, 0.1) is 6.54 Å². The zero-order chi connectivity index (χ0) is 20.7. The van der Waals surface area contributed by atoms with Crippen LogP contribution < -0.4 is 10.6 Å². The number of carbonyl (C=O) groups is 1. The molecule has 0 atom stereocenters. The van der Waals surface area contributed by atoms with Crippen LogP contribution >= 0.6 is 0 Å². The van der Waals surface area contributed by atoms with Gasteiger partial charge in [-0.2, -0.15) is 10.5 Å². The Bertz CT molecular complexity index is 938. The SMILES string of the molecule is Cc1oc(-c2ccc(NC=C(C#N)C#N)cc2)nc1CNC(=O)OC(C)(C)C. The van der Waals surface area contributed by atoms with Crippen molar-refractivity contribution >= 4 is 11.8 Å². The lowest BCUT2D eigenvalue weighted by atomic mass is 10.2. The van der Waals surface area contributed by atoms with E-state index < -0.39 is 11.7 Å². The summed E-state index contributed by atoms with van der Waals surface area (Å²) in [5, 5.41) is 23.0. The topological polar surface area (TPSA) is 124 Å².